The lowest BCUT2D eigenvalue weighted by Gasteiger charge is -2.13. The highest BCUT2D eigenvalue weighted by atomic mass is 35.5. The Kier molecular flexibility index (Phi) is 5.09. The molecule has 0 aliphatic rings. The number of rotatable bonds is 5. The third kappa shape index (κ3) is 3.94. The van der Waals surface area contributed by atoms with Crippen LogP contribution in [0.15, 0.2) is 51.6 Å². The van der Waals surface area contributed by atoms with Crippen molar-refractivity contribution in [2.45, 2.75) is 19.9 Å². The lowest BCUT2D eigenvalue weighted by molar-refractivity contribution is 0.0944. The van der Waals surface area contributed by atoms with Crippen molar-refractivity contribution in [3.8, 4) is 11.5 Å². The maximum atomic E-state index is 12.5. The van der Waals surface area contributed by atoms with Crippen LogP contribution in [0, 0.1) is 0 Å². The van der Waals surface area contributed by atoms with E-state index in [9.17, 15) is 9.59 Å². The SMILES string of the molecule is CC(C)NC(=O)c1ccc(Cl)cc1NC(=O)c1cc(-c2ccco2)on1. The molecule has 0 spiro atoms. The minimum Gasteiger partial charge on any atom is -0.461 e. The number of benzene rings is 1. The standard InChI is InChI=1S/C18H16ClN3O4/c1-10(2)20-17(23)12-6-5-11(19)8-13(12)21-18(24)14-9-16(26-22-14)15-4-3-7-25-15/h3-10H,1-2H3,(H,20,23)(H,21,24). The van der Waals surface area contributed by atoms with E-state index in [0.717, 1.165) is 0 Å². The molecule has 0 aliphatic heterocycles. The molecule has 7 nitrogen and oxygen atoms in total. The maximum absolute atomic E-state index is 12.5. The predicted molar refractivity (Wildman–Crippen MR) is 96.2 cm³/mol. The Morgan fingerprint density at radius 1 is 1.12 bits per heavy atom. The number of furan rings is 1. The Balaban J connectivity index is 1.83. The number of halogens is 1. The first kappa shape index (κ1) is 17.8. The number of carbonyl (C=O) groups is 2. The van der Waals surface area contributed by atoms with Crippen molar-refractivity contribution in [2.24, 2.45) is 0 Å². The molecule has 2 amide bonds. The van der Waals surface area contributed by atoms with Gasteiger partial charge in [0.2, 0.25) is 5.76 Å². The van der Waals surface area contributed by atoms with Gasteiger partial charge in [-0.3, -0.25) is 9.59 Å². The van der Waals surface area contributed by atoms with Crippen molar-refractivity contribution >= 4 is 29.1 Å². The molecular formula is C18H16ClN3O4. The summed E-state index contributed by atoms with van der Waals surface area (Å²) >= 11 is 6.00. The lowest BCUT2D eigenvalue weighted by atomic mass is 10.1. The number of aromatic nitrogens is 1. The van der Waals surface area contributed by atoms with Crippen LogP contribution in [0.1, 0.15) is 34.7 Å². The van der Waals surface area contributed by atoms with Crippen LogP contribution < -0.4 is 10.6 Å². The molecule has 1 aromatic carbocycles. The monoisotopic (exact) mass is 373 g/mol. The summed E-state index contributed by atoms with van der Waals surface area (Å²) in [5.74, 6) is -0.0730. The van der Waals surface area contributed by atoms with Gasteiger partial charge in [0.15, 0.2) is 11.5 Å². The summed E-state index contributed by atoms with van der Waals surface area (Å²) in [6, 6.07) is 9.42. The van der Waals surface area contributed by atoms with E-state index in [1.165, 1.54) is 18.4 Å². The predicted octanol–water partition coefficient (Wildman–Crippen LogP) is 3.98. The van der Waals surface area contributed by atoms with E-state index in [1.807, 2.05) is 13.8 Å². The van der Waals surface area contributed by atoms with Crippen molar-refractivity contribution in [3.63, 3.8) is 0 Å². The van der Waals surface area contributed by atoms with Crippen molar-refractivity contribution in [3.05, 3.63) is 58.9 Å². The molecule has 0 saturated carbocycles. The summed E-state index contributed by atoms with van der Waals surface area (Å²) in [6.07, 6.45) is 1.49. The van der Waals surface area contributed by atoms with E-state index in [1.54, 1.807) is 24.3 Å². The second-order valence-electron chi connectivity index (χ2n) is 5.83. The van der Waals surface area contributed by atoms with Crippen molar-refractivity contribution < 1.29 is 18.5 Å². The maximum Gasteiger partial charge on any atom is 0.277 e. The second kappa shape index (κ2) is 7.45. The fraction of sp³-hybridized carbons (Fsp3) is 0.167. The van der Waals surface area contributed by atoms with E-state index in [2.05, 4.69) is 15.8 Å². The Hall–Kier alpha value is -3.06. The van der Waals surface area contributed by atoms with Crippen molar-refractivity contribution in [2.75, 3.05) is 5.32 Å². The summed E-state index contributed by atoms with van der Waals surface area (Å²) < 4.78 is 10.3. The van der Waals surface area contributed by atoms with Crippen molar-refractivity contribution in [1.29, 1.82) is 0 Å². The van der Waals surface area contributed by atoms with Crippen LogP contribution in [0.2, 0.25) is 5.02 Å². The average molecular weight is 374 g/mol. The molecule has 3 rings (SSSR count). The fourth-order valence-electron chi connectivity index (χ4n) is 2.26. The third-order valence-electron chi connectivity index (χ3n) is 3.40. The molecule has 0 radical (unpaired) electrons. The van der Waals surface area contributed by atoms with Crippen LogP contribution >= 0.6 is 11.6 Å². The quantitative estimate of drug-likeness (QED) is 0.705. The first-order valence-electron chi connectivity index (χ1n) is 7.86. The van der Waals surface area contributed by atoms with Gasteiger partial charge >= 0.3 is 0 Å². The Labute approximate surface area is 154 Å². The minimum atomic E-state index is -0.535. The Morgan fingerprint density at radius 3 is 2.62 bits per heavy atom. The molecule has 0 aliphatic carbocycles. The van der Waals surface area contributed by atoms with Crippen molar-refractivity contribution in [1.82, 2.24) is 10.5 Å². The molecule has 3 aromatic rings. The van der Waals surface area contributed by atoms with Gasteiger partial charge in [-0.1, -0.05) is 16.8 Å². The van der Waals surface area contributed by atoms with E-state index in [4.69, 9.17) is 20.5 Å². The van der Waals surface area contributed by atoms with Crippen LogP contribution in [-0.2, 0) is 0 Å². The lowest BCUT2D eigenvalue weighted by Crippen LogP contribution is -2.31. The summed E-state index contributed by atoms with van der Waals surface area (Å²) in [6.45, 7) is 3.69. The zero-order valence-corrected chi connectivity index (χ0v) is 14.8. The first-order chi connectivity index (χ1) is 12.4. The van der Waals surface area contributed by atoms with Crippen LogP contribution in [0.3, 0.4) is 0 Å². The number of hydrogen-bond acceptors (Lipinski definition) is 5. The van der Waals surface area contributed by atoms with Gasteiger partial charge in [-0.25, -0.2) is 0 Å². The third-order valence-corrected chi connectivity index (χ3v) is 3.64. The van der Waals surface area contributed by atoms with Gasteiger partial charge in [0.05, 0.1) is 17.5 Å². The highest BCUT2D eigenvalue weighted by Crippen LogP contribution is 2.24. The molecular weight excluding hydrogens is 358 g/mol. The van der Waals surface area contributed by atoms with E-state index in [0.29, 0.717) is 22.1 Å². The van der Waals surface area contributed by atoms with Crippen LogP contribution in [0.25, 0.3) is 11.5 Å². The zero-order chi connectivity index (χ0) is 18.7. The molecule has 0 atom stereocenters. The van der Waals surface area contributed by atoms with Gasteiger partial charge < -0.3 is 19.6 Å². The fourth-order valence-corrected chi connectivity index (χ4v) is 2.43. The molecule has 8 heteroatoms. The Bertz CT molecular complexity index is 932. The molecule has 0 fully saturated rings. The van der Waals surface area contributed by atoms with Crippen LogP contribution in [-0.4, -0.2) is 23.0 Å². The smallest absolute Gasteiger partial charge is 0.277 e. The summed E-state index contributed by atoms with van der Waals surface area (Å²) in [7, 11) is 0. The molecule has 2 heterocycles. The number of nitrogens with zero attached hydrogens (tertiary/aromatic N) is 1. The summed E-state index contributed by atoms with van der Waals surface area (Å²) in [4.78, 5) is 24.8. The van der Waals surface area contributed by atoms with E-state index < -0.39 is 5.91 Å². The number of hydrogen-bond donors (Lipinski definition) is 2. The van der Waals surface area contributed by atoms with Gasteiger partial charge in [-0.2, -0.15) is 0 Å². The largest absolute Gasteiger partial charge is 0.461 e. The first-order valence-corrected chi connectivity index (χ1v) is 8.24. The normalized spacial score (nSPS) is 10.8. The van der Waals surface area contributed by atoms with Gasteiger partial charge in [-0.15, -0.1) is 0 Å². The molecule has 0 unspecified atom stereocenters. The molecule has 26 heavy (non-hydrogen) atoms. The molecule has 2 aromatic heterocycles. The summed E-state index contributed by atoms with van der Waals surface area (Å²) in [5, 5.41) is 9.54. The van der Waals surface area contributed by atoms with Crippen LogP contribution in [0.5, 0.6) is 0 Å². The summed E-state index contributed by atoms with van der Waals surface area (Å²) in [5.41, 5.74) is 0.626. The molecule has 0 saturated heterocycles. The number of nitrogens with one attached hydrogen (secondary N) is 2. The average Bonchev–Trinajstić information content (AvgIpc) is 3.25. The molecule has 0 bridgehead atoms. The number of anilines is 1. The highest BCUT2D eigenvalue weighted by molar-refractivity contribution is 6.31. The number of amides is 2. The van der Waals surface area contributed by atoms with Crippen LogP contribution in [0.4, 0.5) is 5.69 Å². The van der Waals surface area contributed by atoms with Gasteiger partial charge in [0, 0.05) is 17.1 Å². The zero-order valence-electron chi connectivity index (χ0n) is 14.1. The van der Waals surface area contributed by atoms with E-state index >= 15 is 0 Å². The van der Waals surface area contributed by atoms with E-state index in [-0.39, 0.29) is 23.3 Å². The topological polar surface area (TPSA) is 97.4 Å². The van der Waals surface area contributed by atoms with Gasteiger partial charge in [-0.05, 0) is 44.2 Å². The second-order valence-corrected chi connectivity index (χ2v) is 6.26. The van der Waals surface area contributed by atoms with Gasteiger partial charge in [0.25, 0.3) is 11.8 Å². The molecule has 2 N–H and O–H groups in total. The minimum absolute atomic E-state index is 0.0478. The number of carbonyl (C=O) groups excluding carboxylic acids is 2. The highest BCUT2D eigenvalue weighted by Gasteiger charge is 2.19. The molecule has 134 valence electrons. The Morgan fingerprint density at radius 2 is 1.92 bits per heavy atom. The van der Waals surface area contributed by atoms with Gasteiger partial charge in [0.1, 0.15) is 0 Å².